The maximum Gasteiger partial charge on any atom is 0.309 e. The van der Waals surface area contributed by atoms with E-state index in [-0.39, 0.29) is 17.4 Å². The molecule has 0 radical (unpaired) electrons. The van der Waals surface area contributed by atoms with Gasteiger partial charge in [0.15, 0.2) is 11.6 Å². The highest BCUT2D eigenvalue weighted by Gasteiger charge is 2.55. The molecule has 178 valence electrons. The molecule has 0 aliphatic heterocycles. The van der Waals surface area contributed by atoms with Crippen molar-refractivity contribution in [1.29, 1.82) is 0 Å². The molecule has 3 aliphatic rings. The van der Waals surface area contributed by atoms with Crippen LogP contribution in [0.5, 0.6) is 0 Å². The number of nitrogens with one attached hydrogen (secondary N) is 2. The summed E-state index contributed by atoms with van der Waals surface area (Å²) in [6.07, 6.45) is 13.3. The van der Waals surface area contributed by atoms with Gasteiger partial charge in [0.25, 0.3) is 0 Å². The molecule has 3 aliphatic carbocycles. The molecule has 7 rings (SSSR count). The predicted molar refractivity (Wildman–Crippen MR) is 129 cm³/mol. The van der Waals surface area contributed by atoms with Gasteiger partial charge in [-0.2, -0.15) is 0 Å². The van der Waals surface area contributed by atoms with Crippen molar-refractivity contribution in [3.8, 4) is 23.7 Å². The van der Waals surface area contributed by atoms with Crippen molar-refractivity contribution >= 4 is 28.3 Å². The fourth-order valence-electron chi connectivity index (χ4n) is 6.37. The first-order chi connectivity index (χ1) is 16.9. The standard InChI is InChI=1S/C26H25FN6O2/c1-3-16-5-6-19-24(30-21-14-7-9-26(4-2,10-8-14)20(21)25(34)35)31-23(32-33(16)19)18-13-29-22-17(18)11-15(27)12-28-22/h1,5-6,11-14,20-21H,4,7-10H2,2H3,(H,28,29)(H,34,35)(H,30,31,32)/t14?,20-,21-,26?/m0/s1. The second-order valence-electron chi connectivity index (χ2n) is 9.74. The van der Waals surface area contributed by atoms with Crippen LogP contribution < -0.4 is 5.32 Å². The number of aromatic amines is 1. The topological polar surface area (TPSA) is 108 Å². The number of carboxylic acid groups (broad SMARTS) is 1. The minimum absolute atomic E-state index is 0.212. The number of carboxylic acids is 1. The minimum atomic E-state index is -0.767. The van der Waals surface area contributed by atoms with Gasteiger partial charge >= 0.3 is 5.97 Å². The number of hydrogen-bond donors (Lipinski definition) is 3. The number of pyridine rings is 1. The van der Waals surface area contributed by atoms with Gasteiger partial charge in [-0.25, -0.2) is 18.9 Å². The molecule has 3 fully saturated rings. The van der Waals surface area contributed by atoms with Gasteiger partial charge < -0.3 is 15.4 Å². The zero-order valence-electron chi connectivity index (χ0n) is 19.3. The Labute approximate surface area is 201 Å². The molecule has 0 amide bonds. The third-order valence-electron chi connectivity index (χ3n) is 8.22. The molecule has 3 saturated carbocycles. The second kappa shape index (κ2) is 7.80. The summed E-state index contributed by atoms with van der Waals surface area (Å²) in [5.74, 6) is 2.01. The van der Waals surface area contributed by atoms with Crippen LogP contribution in [0.2, 0.25) is 0 Å². The van der Waals surface area contributed by atoms with Crippen LogP contribution in [0, 0.1) is 35.4 Å². The molecule has 3 N–H and O–H groups in total. The van der Waals surface area contributed by atoms with Crippen molar-refractivity contribution in [1.82, 2.24) is 24.6 Å². The van der Waals surface area contributed by atoms with E-state index in [0.717, 1.165) is 38.3 Å². The molecule has 0 saturated heterocycles. The van der Waals surface area contributed by atoms with Crippen LogP contribution in [-0.4, -0.2) is 41.7 Å². The number of hydrogen-bond acceptors (Lipinski definition) is 5. The molecule has 0 aromatic carbocycles. The van der Waals surface area contributed by atoms with Crippen molar-refractivity contribution in [3.63, 3.8) is 0 Å². The van der Waals surface area contributed by atoms with E-state index in [9.17, 15) is 14.3 Å². The molecule has 0 unspecified atom stereocenters. The third kappa shape index (κ3) is 3.20. The number of H-pyrrole nitrogens is 1. The van der Waals surface area contributed by atoms with Gasteiger partial charge in [0.1, 0.15) is 22.7 Å². The van der Waals surface area contributed by atoms with Gasteiger partial charge in [-0.05, 0) is 61.6 Å². The van der Waals surface area contributed by atoms with E-state index in [1.807, 2.05) is 6.07 Å². The molecule has 8 nitrogen and oxygen atoms in total. The maximum atomic E-state index is 14.0. The molecule has 9 heteroatoms. The largest absolute Gasteiger partial charge is 0.481 e. The molecule has 35 heavy (non-hydrogen) atoms. The number of terminal acetylenes is 1. The quantitative estimate of drug-likeness (QED) is 0.370. The Hall–Kier alpha value is -3.93. The number of aliphatic carboxylic acids is 1. The van der Waals surface area contributed by atoms with Crippen LogP contribution in [0.3, 0.4) is 0 Å². The lowest BCUT2D eigenvalue weighted by Crippen LogP contribution is -2.57. The zero-order chi connectivity index (χ0) is 24.3. The van der Waals surface area contributed by atoms with Crippen LogP contribution >= 0.6 is 0 Å². The Bertz CT molecular complexity index is 1510. The Kier molecular flexibility index (Phi) is 4.81. The van der Waals surface area contributed by atoms with E-state index < -0.39 is 17.7 Å². The molecule has 2 atom stereocenters. The first-order valence-electron chi connectivity index (χ1n) is 11.9. The predicted octanol–water partition coefficient (Wildman–Crippen LogP) is 4.47. The number of anilines is 1. The van der Waals surface area contributed by atoms with Gasteiger partial charge in [0.05, 0.1) is 12.1 Å². The van der Waals surface area contributed by atoms with E-state index in [0.29, 0.717) is 39.4 Å². The summed E-state index contributed by atoms with van der Waals surface area (Å²) in [5.41, 5.74) is 2.10. The summed E-state index contributed by atoms with van der Waals surface area (Å²) in [7, 11) is 0. The van der Waals surface area contributed by atoms with Crippen LogP contribution in [-0.2, 0) is 4.79 Å². The van der Waals surface area contributed by atoms with E-state index in [1.54, 1.807) is 16.8 Å². The van der Waals surface area contributed by atoms with Crippen molar-refractivity contribution in [2.45, 2.75) is 45.1 Å². The van der Waals surface area contributed by atoms with Crippen molar-refractivity contribution in [2.75, 3.05) is 5.32 Å². The Morgan fingerprint density at radius 3 is 2.91 bits per heavy atom. The fourth-order valence-corrected chi connectivity index (χ4v) is 6.37. The zero-order valence-corrected chi connectivity index (χ0v) is 19.3. The SMILES string of the molecule is C#Cc1ccc2c(N[C@H]3C4CCC(CC)(CC4)[C@@H]3C(=O)O)nc(-c3c[nH]c4ncc(F)cc34)nn12. The molecule has 4 aromatic rings. The smallest absolute Gasteiger partial charge is 0.309 e. The second-order valence-corrected chi connectivity index (χ2v) is 9.74. The van der Waals surface area contributed by atoms with E-state index >= 15 is 0 Å². The monoisotopic (exact) mass is 472 g/mol. The summed E-state index contributed by atoms with van der Waals surface area (Å²) in [5, 5.41) is 19.0. The summed E-state index contributed by atoms with van der Waals surface area (Å²) >= 11 is 0. The lowest BCUT2D eigenvalue weighted by molar-refractivity contribution is -0.155. The van der Waals surface area contributed by atoms with Crippen molar-refractivity contribution < 1.29 is 14.3 Å². The minimum Gasteiger partial charge on any atom is -0.481 e. The first-order valence-corrected chi connectivity index (χ1v) is 11.9. The van der Waals surface area contributed by atoms with E-state index in [4.69, 9.17) is 11.4 Å². The maximum absolute atomic E-state index is 14.0. The number of aromatic nitrogens is 5. The third-order valence-corrected chi connectivity index (χ3v) is 8.22. The lowest BCUT2D eigenvalue weighted by atomic mass is 9.52. The first kappa shape index (κ1) is 21.6. The Morgan fingerprint density at radius 1 is 1.40 bits per heavy atom. The summed E-state index contributed by atoms with van der Waals surface area (Å²) in [4.78, 5) is 24.5. The average Bonchev–Trinajstić information content (AvgIpc) is 3.48. The van der Waals surface area contributed by atoms with Crippen LogP contribution in [0.25, 0.3) is 27.9 Å². The molecular weight excluding hydrogens is 447 g/mol. The van der Waals surface area contributed by atoms with E-state index in [1.165, 1.54) is 6.07 Å². The molecule has 0 spiro atoms. The Morgan fingerprint density at radius 2 is 2.20 bits per heavy atom. The molecular formula is C26H25FN6O2. The van der Waals surface area contributed by atoms with Gasteiger partial charge in [-0.15, -0.1) is 11.5 Å². The number of nitrogens with zero attached hydrogens (tertiary/aromatic N) is 4. The number of carbonyl (C=O) groups is 1. The molecule has 2 bridgehead atoms. The highest BCUT2D eigenvalue weighted by molar-refractivity contribution is 5.92. The van der Waals surface area contributed by atoms with Crippen molar-refractivity contribution in [2.24, 2.45) is 17.3 Å². The van der Waals surface area contributed by atoms with Gasteiger partial charge in [0.2, 0.25) is 0 Å². The normalized spacial score (nSPS) is 25.7. The number of rotatable bonds is 5. The number of halogens is 1. The van der Waals surface area contributed by atoms with Crippen LogP contribution in [0.1, 0.15) is 44.7 Å². The summed E-state index contributed by atoms with van der Waals surface area (Å²) in [6, 6.07) is 4.75. The summed E-state index contributed by atoms with van der Waals surface area (Å²) in [6.45, 7) is 2.09. The number of fused-ring (bicyclic) bond motifs is 5. The van der Waals surface area contributed by atoms with Crippen LogP contribution in [0.15, 0.2) is 30.6 Å². The van der Waals surface area contributed by atoms with Crippen LogP contribution in [0.4, 0.5) is 10.2 Å². The summed E-state index contributed by atoms with van der Waals surface area (Å²) < 4.78 is 15.6. The fraction of sp³-hybridized carbons (Fsp3) is 0.385. The van der Waals surface area contributed by atoms with Gasteiger partial charge in [0, 0.05) is 23.2 Å². The van der Waals surface area contributed by atoms with E-state index in [2.05, 4.69) is 33.2 Å². The van der Waals surface area contributed by atoms with Gasteiger partial charge in [-0.3, -0.25) is 4.79 Å². The van der Waals surface area contributed by atoms with Gasteiger partial charge in [-0.1, -0.05) is 12.8 Å². The lowest BCUT2D eigenvalue weighted by Gasteiger charge is -2.55. The average molecular weight is 473 g/mol. The molecule has 4 heterocycles. The highest BCUT2D eigenvalue weighted by atomic mass is 19.1. The highest BCUT2D eigenvalue weighted by Crippen LogP contribution is 2.56. The molecule has 4 aromatic heterocycles. The Balaban J connectivity index is 1.51. The van der Waals surface area contributed by atoms with Crippen molar-refractivity contribution in [3.05, 3.63) is 42.1 Å².